The highest BCUT2D eigenvalue weighted by Crippen LogP contribution is 2.29. The lowest BCUT2D eigenvalue weighted by Gasteiger charge is -2.09. The van der Waals surface area contributed by atoms with Gasteiger partial charge in [0, 0.05) is 0 Å². The van der Waals surface area contributed by atoms with Crippen molar-refractivity contribution in [1.29, 1.82) is 0 Å². The molecule has 0 aliphatic heterocycles. The Hall–Kier alpha value is -1.10. The van der Waals surface area contributed by atoms with Crippen molar-refractivity contribution < 1.29 is 22.7 Å². The van der Waals surface area contributed by atoms with Gasteiger partial charge in [-0.2, -0.15) is 13.2 Å². The fraction of sp³-hybridized carbons (Fsp3) is 0.333. The number of rotatable bonds is 2. The summed E-state index contributed by atoms with van der Waals surface area (Å²) in [5.41, 5.74) is -0.673. The average Bonchev–Trinajstić information content (AvgIpc) is 2.15. The van der Waals surface area contributed by atoms with Gasteiger partial charge in [-0.05, 0) is 17.7 Å². The molecule has 0 radical (unpaired) electrons. The maximum Gasteiger partial charge on any atom is 0.416 e. The average molecular weight is 208 g/mol. The third kappa shape index (κ3) is 2.45. The fourth-order valence-corrected chi connectivity index (χ4v) is 0.983. The van der Waals surface area contributed by atoms with Crippen molar-refractivity contribution in [3.63, 3.8) is 0 Å². The zero-order valence-corrected chi connectivity index (χ0v) is 7.05. The summed E-state index contributed by atoms with van der Waals surface area (Å²) in [6, 6.07) is 3.75. The van der Waals surface area contributed by atoms with Gasteiger partial charge >= 0.3 is 6.18 Å². The summed E-state index contributed by atoms with van der Waals surface area (Å²) < 4.78 is 48.1. The molecule has 1 unspecified atom stereocenters. The molecule has 5 heteroatoms. The SMILES string of the molecule is OC(CF)c1ccc(C(F)(F)F)cc1. The van der Waals surface area contributed by atoms with Gasteiger partial charge in [0.1, 0.15) is 12.8 Å². The Kier molecular flexibility index (Phi) is 3.10. The van der Waals surface area contributed by atoms with Crippen LogP contribution in [0.25, 0.3) is 0 Å². The van der Waals surface area contributed by atoms with E-state index in [2.05, 4.69) is 0 Å². The molecule has 1 aromatic carbocycles. The van der Waals surface area contributed by atoms with Crippen LogP contribution in [-0.4, -0.2) is 11.8 Å². The Morgan fingerprint density at radius 1 is 1.14 bits per heavy atom. The largest absolute Gasteiger partial charge is 0.416 e. The summed E-state index contributed by atoms with van der Waals surface area (Å²) in [7, 11) is 0. The van der Waals surface area contributed by atoms with Crippen LogP contribution in [0.4, 0.5) is 17.6 Å². The highest BCUT2D eigenvalue weighted by atomic mass is 19.4. The Morgan fingerprint density at radius 2 is 1.64 bits per heavy atom. The summed E-state index contributed by atoms with van der Waals surface area (Å²) in [4.78, 5) is 0. The zero-order chi connectivity index (χ0) is 10.8. The van der Waals surface area contributed by atoms with Gasteiger partial charge in [0.15, 0.2) is 0 Å². The van der Waals surface area contributed by atoms with Crippen LogP contribution in [0, 0.1) is 0 Å². The fourth-order valence-electron chi connectivity index (χ4n) is 0.983. The van der Waals surface area contributed by atoms with E-state index in [1.807, 2.05) is 0 Å². The molecule has 1 nitrogen and oxygen atoms in total. The lowest BCUT2D eigenvalue weighted by atomic mass is 10.1. The number of aliphatic hydroxyl groups is 1. The van der Waals surface area contributed by atoms with E-state index >= 15 is 0 Å². The zero-order valence-electron chi connectivity index (χ0n) is 7.05. The quantitative estimate of drug-likeness (QED) is 0.741. The molecule has 0 aliphatic carbocycles. The van der Waals surface area contributed by atoms with Crippen LogP contribution in [0.2, 0.25) is 0 Å². The predicted molar refractivity (Wildman–Crippen MR) is 42.4 cm³/mol. The molecule has 0 saturated heterocycles. The first-order valence-corrected chi connectivity index (χ1v) is 3.86. The van der Waals surface area contributed by atoms with Crippen molar-refractivity contribution in [3.8, 4) is 0 Å². The first kappa shape index (κ1) is 11.0. The Bertz CT molecular complexity index is 291. The van der Waals surface area contributed by atoms with E-state index in [4.69, 9.17) is 5.11 Å². The smallest absolute Gasteiger partial charge is 0.386 e. The van der Waals surface area contributed by atoms with E-state index < -0.39 is 24.5 Å². The highest BCUT2D eigenvalue weighted by molar-refractivity contribution is 5.25. The second-order valence-electron chi connectivity index (χ2n) is 2.79. The summed E-state index contributed by atoms with van der Waals surface area (Å²) in [6.07, 6.45) is -5.75. The van der Waals surface area contributed by atoms with E-state index in [9.17, 15) is 17.6 Å². The van der Waals surface area contributed by atoms with Gasteiger partial charge in [0.2, 0.25) is 0 Å². The Morgan fingerprint density at radius 3 is 2.00 bits per heavy atom. The van der Waals surface area contributed by atoms with Crippen LogP contribution in [0.15, 0.2) is 24.3 Å². The van der Waals surface area contributed by atoms with E-state index in [0.29, 0.717) is 0 Å². The number of hydrogen-bond donors (Lipinski definition) is 1. The molecule has 0 spiro atoms. The molecule has 78 valence electrons. The van der Waals surface area contributed by atoms with Gasteiger partial charge in [-0.3, -0.25) is 0 Å². The summed E-state index contributed by atoms with van der Waals surface area (Å²) in [5.74, 6) is 0. The van der Waals surface area contributed by atoms with Crippen LogP contribution < -0.4 is 0 Å². The predicted octanol–water partition coefficient (Wildman–Crippen LogP) is 2.71. The minimum atomic E-state index is -4.40. The van der Waals surface area contributed by atoms with Gasteiger partial charge in [-0.25, -0.2) is 4.39 Å². The molecule has 0 amide bonds. The number of benzene rings is 1. The molecule has 0 bridgehead atoms. The first-order valence-electron chi connectivity index (χ1n) is 3.86. The van der Waals surface area contributed by atoms with Crippen molar-refractivity contribution in [2.24, 2.45) is 0 Å². The van der Waals surface area contributed by atoms with Crippen LogP contribution in [0.1, 0.15) is 17.2 Å². The van der Waals surface area contributed by atoms with Gasteiger partial charge in [-0.15, -0.1) is 0 Å². The van der Waals surface area contributed by atoms with Crippen molar-refractivity contribution in [2.75, 3.05) is 6.67 Å². The maximum absolute atomic E-state index is 12.1. The third-order valence-corrected chi connectivity index (χ3v) is 1.77. The van der Waals surface area contributed by atoms with Crippen molar-refractivity contribution in [1.82, 2.24) is 0 Å². The molecular formula is C9H8F4O. The number of alkyl halides is 4. The van der Waals surface area contributed by atoms with E-state index in [1.165, 1.54) is 0 Å². The highest BCUT2D eigenvalue weighted by Gasteiger charge is 2.30. The molecule has 1 atom stereocenters. The molecule has 0 fully saturated rings. The maximum atomic E-state index is 12.1. The van der Waals surface area contributed by atoms with Crippen LogP contribution in [-0.2, 0) is 6.18 Å². The van der Waals surface area contributed by atoms with Crippen LogP contribution >= 0.6 is 0 Å². The van der Waals surface area contributed by atoms with E-state index in [1.54, 1.807) is 0 Å². The topological polar surface area (TPSA) is 20.2 Å². The molecule has 0 saturated carbocycles. The molecule has 0 heterocycles. The molecule has 1 N–H and O–H groups in total. The van der Waals surface area contributed by atoms with Crippen molar-refractivity contribution in [2.45, 2.75) is 12.3 Å². The standard InChI is InChI=1S/C9H8F4O/c10-5-8(14)6-1-3-7(4-2-6)9(11,12)13/h1-4,8,14H,5H2. The van der Waals surface area contributed by atoms with Crippen molar-refractivity contribution in [3.05, 3.63) is 35.4 Å². The lowest BCUT2D eigenvalue weighted by molar-refractivity contribution is -0.137. The van der Waals surface area contributed by atoms with Gasteiger partial charge < -0.3 is 5.11 Å². The van der Waals surface area contributed by atoms with Crippen LogP contribution in [0.3, 0.4) is 0 Å². The molecule has 1 rings (SSSR count). The number of halogens is 4. The van der Waals surface area contributed by atoms with E-state index in [0.717, 1.165) is 24.3 Å². The summed E-state index contributed by atoms with van der Waals surface area (Å²) >= 11 is 0. The third-order valence-electron chi connectivity index (χ3n) is 1.77. The summed E-state index contributed by atoms with van der Waals surface area (Å²) in [5, 5.41) is 8.97. The first-order chi connectivity index (χ1) is 6.45. The van der Waals surface area contributed by atoms with E-state index in [-0.39, 0.29) is 5.56 Å². The molecule has 0 aromatic heterocycles. The normalized spacial score (nSPS) is 14.1. The number of hydrogen-bond acceptors (Lipinski definition) is 1. The minimum absolute atomic E-state index is 0.139. The second kappa shape index (κ2) is 3.96. The Balaban J connectivity index is 2.89. The Labute approximate surface area is 78.0 Å². The minimum Gasteiger partial charge on any atom is -0.386 e. The number of aliphatic hydroxyl groups excluding tert-OH is 1. The molecule has 0 aliphatic rings. The monoisotopic (exact) mass is 208 g/mol. The lowest BCUT2D eigenvalue weighted by Crippen LogP contribution is -2.06. The van der Waals surface area contributed by atoms with Crippen LogP contribution in [0.5, 0.6) is 0 Å². The van der Waals surface area contributed by atoms with Gasteiger partial charge in [0.25, 0.3) is 0 Å². The van der Waals surface area contributed by atoms with Gasteiger partial charge in [0.05, 0.1) is 5.56 Å². The molecular weight excluding hydrogens is 200 g/mol. The summed E-state index contributed by atoms with van der Waals surface area (Å²) in [6.45, 7) is -1.01. The second-order valence-corrected chi connectivity index (χ2v) is 2.79. The van der Waals surface area contributed by atoms with Crippen molar-refractivity contribution >= 4 is 0 Å². The molecule has 1 aromatic rings. The molecule has 14 heavy (non-hydrogen) atoms. The van der Waals surface area contributed by atoms with Gasteiger partial charge in [-0.1, -0.05) is 12.1 Å².